The molecule has 0 spiro atoms. The predicted molar refractivity (Wildman–Crippen MR) is 99.0 cm³/mol. The summed E-state index contributed by atoms with van der Waals surface area (Å²) in [6.45, 7) is 0.176. The van der Waals surface area contributed by atoms with Gasteiger partial charge in [-0.1, -0.05) is 42.2 Å². The zero-order valence-electron chi connectivity index (χ0n) is 13.1. The molecule has 8 heteroatoms. The highest BCUT2D eigenvalue weighted by molar-refractivity contribution is 8.27. The van der Waals surface area contributed by atoms with E-state index in [4.69, 9.17) is 21.7 Å². The minimum absolute atomic E-state index is 0.0173. The first kappa shape index (κ1) is 16.6. The molecule has 0 atom stereocenters. The van der Waals surface area contributed by atoms with E-state index in [1.54, 1.807) is 30.3 Å². The lowest BCUT2D eigenvalue weighted by atomic mass is 10.1. The fourth-order valence-electron chi connectivity index (χ4n) is 2.62. The molecule has 2 aliphatic rings. The van der Waals surface area contributed by atoms with Crippen molar-refractivity contribution in [3.63, 3.8) is 0 Å². The monoisotopic (exact) mass is 384 g/mol. The number of carboxylic acid groups (broad SMARTS) is 1. The number of amides is 1. The molecule has 0 aliphatic carbocycles. The van der Waals surface area contributed by atoms with Gasteiger partial charge in [-0.3, -0.25) is 9.69 Å². The number of aromatic carboxylic acids is 1. The lowest BCUT2D eigenvalue weighted by Gasteiger charge is -2.15. The molecule has 0 unspecified atom stereocenters. The number of thiocarbonyl (C=S) groups is 1. The lowest BCUT2D eigenvalue weighted by molar-refractivity contribution is -0.255. The number of rotatable bonds is 3. The number of hydrogen-bond acceptors (Lipinski definition) is 7. The van der Waals surface area contributed by atoms with Crippen LogP contribution in [-0.2, 0) is 4.79 Å². The van der Waals surface area contributed by atoms with Gasteiger partial charge in [0.15, 0.2) is 15.8 Å². The number of hydrogen-bond donors (Lipinski definition) is 0. The number of carbonyl (C=O) groups excluding carboxylic acids is 2. The van der Waals surface area contributed by atoms with Gasteiger partial charge in [0.1, 0.15) is 0 Å². The second-order valence-electron chi connectivity index (χ2n) is 5.47. The molecule has 6 nitrogen and oxygen atoms in total. The Hall–Kier alpha value is -2.84. The normalized spacial score (nSPS) is 17.2. The van der Waals surface area contributed by atoms with Crippen LogP contribution in [0.3, 0.4) is 0 Å². The maximum absolute atomic E-state index is 12.8. The molecule has 0 saturated carbocycles. The van der Waals surface area contributed by atoms with Crippen molar-refractivity contribution in [2.75, 3.05) is 11.7 Å². The average Bonchev–Trinajstić information content (AvgIpc) is 3.19. The SMILES string of the molecule is O=C([O-])c1cccc(N2C(=O)/C(=C\c3ccc4c(c3)OCO4)SC2=S)c1. The van der Waals surface area contributed by atoms with E-state index in [0.29, 0.717) is 26.4 Å². The molecule has 2 aromatic rings. The van der Waals surface area contributed by atoms with Gasteiger partial charge >= 0.3 is 0 Å². The molecule has 2 heterocycles. The Balaban J connectivity index is 1.65. The highest BCUT2D eigenvalue weighted by Crippen LogP contribution is 2.38. The molecule has 130 valence electrons. The number of anilines is 1. The van der Waals surface area contributed by atoms with Gasteiger partial charge < -0.3 is 19.4 Å². The molecule has 0 aromatic heterocycles. The first-order chi connectivity index (χ1) is 12.5. The number of nitrogens with zero attached hydrogens (tertiary/aromatic N) is 1. The van der Waals surface area contributed by atoms with Crippen LogP contribution < -0.4 is 19.5 Å². The van der Waals surface area contributed by atoms with Crippen LogP contribution >= 0.6 is 24.0 Å². The molecular formula is C18H10NO5S2-. The van der Waals surface area contributed by atoms with Gasteiger partial charge in [0.2, 0.25) is 6.79 Å². The van der Waals surface area contributed by atoms with Crippen molar-refractivity contribution in [2.45, 2.75) is 0 Å². The van der Waals surface area contributed by atoms with Crippen LogP contribution in [0.2, 0.25) is 0 Å². The van der Waals surface area contributed by atoms with Crippen LogP contribution in [0, 0.1) is 0 Å². The number of benzene rings is 2. The van der Waals surface area contributed by atoms with Crippen LogP contribution in [0.25, 0.3) is 6.08 Å². The lowest BCUT2D eigenvalue weighted by Crippen LogP contribution is -2.28. The number of thioether (sulfide) groups is 1. The first-order valence-corrected chi connectivity index (χ1v) is 8.74. The van der Waals surface area contributed by atoms with Crippen molar-refractivity contribution in [3.8, 4) is 11.5 Å². The fraction of sp³-hybridized carbons (Fsp3) is 0.0556. The van der Waals surface area contributed by atoms with Gasteiger partial charge in [-0.25, -0.2) is 0 Å². The maximum atomic E-state index is 12.8. The van der Waals surface area contributed by atoms with Gasteiger partial charge in [0, 0.05) is 0 Å². The summed E-state index contributed by atoms with van der Waals surface area (Å²) in [5.74, 6) is -0.342. The van der Waals surface area contributed by atoms with Crippen molar-refractivity contribution in [2.24, 2.45) is 0 Å². The number of fused-ring (bicyclic) bond motifs is 1. The van der Waals surface area contributed by atoms with Gasteiger partial charge in [-0.2, -0.15) is 0 Å². The van der Waals surface area contributed by atoms with E-state index in [0.717, 1.165) is 17.3 Å². The van der Waals surface area contributed by atoms with Gasteiger partial charge in [0.05, 0.1) is 16.6 Å². The molecule has 26 heavy (non-hydrogen) atoms. The zero-order chi connectivity index (χ0) is 18.3. The molecule has 1 amide bonds. The summed E-state index contributed by atoms with van der Waals surface area (Å²) in [7, 11) is 0. The zero-order valence-corrected chi connectivity index (χ0v) is 14.8. The largest absolute Gasteiger partial charge is 0.545 e. The summed E-state index contributed by atoms with van der Waals surface area (Å²) < 4.78 is 10.9. The number of carbonyl (C=O) groups is 2. The highest BCUT2D eigenvalue weighted by atomic mass is 32.2. The third-order valence-electron chi connectivity index (χ3n) is 3.83. The fourth-order valence-corrected chi connectivity index (χ4v) is 3.92. The van der Waals surface area contributed by atoms with Crippen molar-refractivity contribution in [1.82, 2.24) is 0 Å². The minimum Gasteiger partial charge on any atom is -0.545 e. The van der Waals surface area contributed by atoms with E-state index in [-0.39, 0.29) is 18.3 Å². The second-order valence-corrected chi connectivity index (χ2v) is 7.14. The molecule has 4 rings (SSSR count). The Morgan fingerprint density at radius 2 is 2.00 bits per heavy atom. The minimum atomic E-state index is -1.31. The van der Waals surface area contributed by atoms with Crippen LogP contribution in [0.5, 0.6) is 11.5 Å². The van der Waals surface area contributed by atoms with Crippen LogP contribution in [0.15, 0.2) is 47.4 Å². The molecular weight excluding hydrogens is 374 g/mol. The Labute approximate surface area is 158 Å². The van der Waals surface area contributed by atoms with Gasteiger partial charge in [-0.15, -0.1) is 0 Å². The van der Waals surface area contributed by atoms with E-state index < -0.39 is 5.97 Å². The van der Waals surface area contributed by atoms with Gasteiger partial charge in [0.25, 0.3) is 5.91 Å². The van der Waals surface area contributed by atoms with Crippen LogP contribution in [0.4, 0.5) is 5.69 Å². The molecule has 0 radical (unpaired) electrons. The molecule has 0 N–H and O–H groups in total. The smallest absolute Gasteiger partial charge is 0.270 e. The molecule has 1 fully saturated rings. The Kier molecular flexibility index (Phi) is 4.14. The first-order valence-electron chi connectivity index (χ1n) is 7.52. The van der Waals surface area contributed by atoms with Crippen LogP contribution in [0.1, 0.15) is 15.9 Å². The maximum Gasteiger partial charge on any atom is 0.270 e. The average molecular weight is 384 g/mol. The third-order valence-corrected chi connectivity index (χ3v) is 5.13. The standard InChI is InChI=1S/C18H11NO5S2/c20-16-15(7-10-4-5-13-14(6-10)24-9-23-13)26-18(25)19(16)12-3-1-2-11(8-12)17(21)22/h1-8H,9H2,(H,21,22)/p-1/b15-7+. The Morgan fingerprint density at radius 3 is 2.81 bits per heavy atom. The van der Waals surface area contributed by atoms with Gasteiger partial charge in [-0.05, 0) is 41.5 Å². The predicted octanol–water partition coefficient (Wildman–Crippen LogP) is 2.18. The highest BCUT2D eigenvalue weighted by Gasteiger charge is 2.33. The van der Waals surface area contributed by atoms with Crippen molar-refractivity contribution in [1.29, 1.82) is 0 Å². The molecule has 2 aromatic carbocycles. The summed E-state index contributed by atoms with van der Waals surface area (Å²) in [4.78, 5) is 25.6. The second kappa shape index (κ2) is 6.47. The Morgan fingerprint density at radius 1 is 1.19 bits per heavy atom. The van der Waals surface area contributed by atoms with Crippen molar-refractivity contribution >= 4 is 51.9 Å². The van der Waals surface area contributed by atoms with E-state index in [1.807, 2.05) is 6.07 Å². The number of ether oxygens (including phenoxy) is 2. The van der Waals surface area contributed by atoms with Crippen molar-refractivity contribution in [3.05, 3.63) is 58.5 Å². The summed E-state index contributed by atoms with van der Waals surface area (Å²) in [5, 5.41) is 11.0. The molecule has 1 saturated heterocycles. The van der Waals surface area contributed by atoms with E-state index in [2.05, 4.69) is 0 Å². The quantitative estimate of drug-likeness (QED) is 0.593. The Bertz CT molecular complexity index is 985. The third kappa shape index (κ3) is 2.93. The summed E-state index contributed by atoms with van der Waals surface area (Å²) in [6.07, 6.45) is 1.71. The van der Waals surface area contributed by atoms with Crippen molar-refractivity contribution < 1.29 is 24.2 Å². The van der Waals surface area contributed by atoms with E-state index in [9.17, 15) is 14.7 Å². The van der Waals surface area contributed by atoms with E-state index >= 15 is 0 Å². The van der Waals surface area contributed by atoms with E-state index in [1.165, 1.54) is 17.0 Å². The summed E-state index contributed by atoms with van der Waals surface area (Å²) in [5.41, 5.74) is 1.15. The molecule has 2 aliphatic heterocycles. The number of carboxylic acids is 1. The summed E-state index contributed by atoms with van der Waals surface area (Å²) >= 11 is 6.45. The summed E-state index contributed by atoms with van der Waals surface area (Å²) in [6, 6.07) is 11.3. The topological polar surface area (TPSA) is 78.9 Å². The van der Waals surface area contributed by atoms with Crippen LogP contribution in [-0.4, -0.2) is 23.0 Å². The molecule has 0 bridgehead atoms.